The molecule has 2 aromatic heterocycles. The highest BCUT2D eigenvalue weighted by atomic mass is 16.1. The number of aromatic nitrogens is 4. The largest absolute Gasteiger partial charge is 0.370 e. The second-order valence-corrected chi connectivity index (χ2v) is 5.05. The van der Waals surface area contributed by atoms with Gasteiger partial charge >= 0.3 is 0 Å². The zero-order chi connectivity index (χ0) is 14.5. The van der Waals surface area contributed by atoms with Gasteiger partial charge in [0.05, 0.1) is 18.4 Å². The lowest BCUT2D eigenvalue weighted by molar-refractivity contribution is -0.116. The van der Waals surface area contributed by atoms with Crippen molar-refractivity contribution in [3.8, 4) is 0 Å². The van der Waals surface area contributed by atoms with Crippen LogP contribution >= 0.6 is 0 Å². The number of hydrogen-bond acceptors (Lipinski definition) is 5. The second-order valence-electron chi connectivity index (χ2n) is 5.05. The molecule has 2 aromatic rings. The molecule has 0 atom stereocenters. The van der Waals surface area contributed by atoms with Gasteiger partial charge in [-0.2, -0.15) is 5.10 Å². The Labute approximate surface area is 123 Å². The number of amides is 1. The fourth-order valence-electron chi connectivity index (χ4n) is 2.39. The number of pyridine rings is 1. The summed E-state index contributed by atoms with van der Waals surface area (Å²) < 4.78 is 1.63. The SMILES string of the molecule is O=C(CCn1cncn1)Nc1ccc(N2CCCC2)cn1. The highest BCUT2D eigenvalue weighted by molar-refractivity contribution is 5.89. The summed E-state index contributed by atoms with van der Waals surface area (Å²) in [7, 11) is 0. The van der Waals surface area contributed by atoms with Crippen LogP contribution in [-0.2, 0) is 11.3 Å². The number of nitrogens with zero attached hydrogens (tertiary/aromatic N) is 5. The Balaban J connectivity index is 1.51. The molecule has 7 nitrogen and oxygen atoms in total. The Hall–Kier alpha value is -2.44. The van der Waals surface area contributed by atoms with Crippen LogP contribution in [0.4, 0.5) is 11.5 Å². The predicted octanol–water partition coefficient (Wildman–Crippen LogP) is 1.30. The highest BCUT2D eigenvalue weighted by Crippen LogP contribution is 2.20. The molecular weight excluding hydrogens is 268 g/mol. The van der Waals surface area contributed by atoms with E-state index in [1.807, 2.05) is 18.3 Å². The summed E-state index contributed by atoms with van der Waals surface area (Å²) >= 11 is 0. The summed E-state index contributed by atoms with van der Waals surface area (Å²) in [6.45, 7) is 2.69. The van der Waals surface area contributed by atoms with Gasteiger partial charge in [-0.15, -0.1) is 0 Å². The maximum Gasteiger partial charge on any atom is 0.227 e. The monoisotopic (exact) mass is 286 g/mol. The molecule has 1 aliphatic rings. The van der Waals surface area contributed by atoms with Crippen LogP contribution in [0.1, 0.15) is 19.3 Å². The standard InChI is InChI=1S/C14H18N6O/c21-14(5-8-20-11-15-10-17-20)18-13-4-3-12(9-16-13)19-6-1-2-7-19/h3-4,9-11H,1-2,5-8H2,(H,16,18,21). The lowest BCUT2D eigenvalue weighted by Crippen LogP contribution is -2.18. The number of carbonyl (C=O) groups is 1. The molecule has 7 heteroatoms. The fourth-order valence-corrected chi connectivity index (χ4v) is 2.39. The number of nitrogens with one attached hydrogen (secondary N) is 1. The first-order chi connectivity index (χ1) is 10.3. The minimum atomic E-state index is -0.0769. The van der Waals surface area contributed by atoms with E-state index in [0.717, 1.165) is 18.8 Å². The van der Waals surface area contributed by atoms with Crippen molar-refractivity contribution in [1.29, 1.82) is 0 Å². The second kappa shape index (κ2) is 6.34. The molecule has 1 aliphatic heterocycles. The van der Waals surface area contributed by atoms with Gasteiger partial charge in [0, 0.05) is 19.5 Å². The molecule has 0 saturated carbocycles. The molecule has 3 rings (SSSR count). The molecule has 0 aromatic carbocycles. The van der Waals surface area contributed by atoms with Gasteiger partial charge in [-0.05, 0) is 25.0 Å². The van der Waals surface area contributed by atoms with Crippen LogP contribution in [-0.4, -0.2) is 38.7 Å². The molecule has 1 N–H and O–H groups in total. The third-order valence-corrected chi connectivity index (χ3v) is 3.52. The van der Waals surface area contributed by atoms with Gasteiger partial charge in [-0.1, -0.05) is 0 Å². The molecular formula is C14H18N6O. The molecule has 1 fully saturated rings. The van der Waals surface area contributed by atoms with Gasteiger partial charge in [0.1, 0.15) is 18.5 Å². The van der Waals surface area contributed by atoms with Crippen molar-refractivity contribution in [2.24, 2.45) is 0 Å². The summed E-state index contributed by atoms with van der Waals surface area (Å²) in [6.07, 6.45) is 7.69. The maximum absolute atomic E-state index is 11.8. The van der Waals surface area contributed by atoms with E-state index in [2.05, 4.69) is 25.3 Å². The van der Waals surface area contributed by atoms with Gasteiger partial charge in [0.2, 0.25) is 5.91 Å². The molecule has 110 valence electrons. The summed E-state index contributed by atoms with van der Waals surface area (Å²) in [5.41, 5.74) is 1.12. The van der Waals surface area contributed by atoms with E-state index in [9.17, 15) is 4.79 Å². The average Bonchev–Trinajstić information content (AvgIpc) is 3.19. The molecule has 0 spiro atoms. The number of aryl methyl sites for hydroxylation is 1. The van der Waals surface area contributed by atoms with Gasteiger partial charge in [0.15, 0.2) is 0 Å². The third kappa shape index (κ3) is 3.56. The average molecular weight is 286 g/mol. The molecule has 0 aliphatic carbocycles. The van der Waals surface area contributed by atoms with Gasteiger partial charge in [0.25, 0.3) is 0 Å². The molecule has 1 amide bonds. The first-order valence-corrected chi connectivity index (χ1v) is 7.14. The van der Waals surface area contributed by atoms with E-state index in [4.69, 9.17) is 0 Å². The Kier molecular flexibility index (Phi) is 4.09. The van der Waals surface area contributed by atoms with Crippen molar-refractivity contribution in [3.63, 3.8) is 0 Å². The van der Waals surface area contributed by atoms with Crippen LogP contribution in [0, 0.1) is 0 Å². The van der Waals surface area contributed by atoms with Crippen LogP contribution in [0.5, 0.6) is 0 Å². The number of rotatable bonds is 5. The van der Waals surface area contributed by atoms with Crippen LogP contribution in [0.2, 0.25) is 0 Å². The quantitative estimate of drug-likeness (QED) is 0.896. The van der Waals surface area contributed by atoms with Gasteiger partial charge in [-0.25, -0.2) is 9.97 Å². The smallest absolute Gasteiger partial charge is 0.227 e. The van der Waals surface area contributed by atoms with E-state index in [1.54, 1.807) is 11.0 Å². The zero-order valence-electron chi connectivity index (χ0n) is 11.8. The third-order valence-electron chi connectivity index (χ3n) is 3.52. The molecule has 0 bridgehead atoms. The molecule has 3 heterocycles. The van der Waals surface area contributed by atoms with E-state index < -0.39 is 0 Å². The predicted molar refractivity (Wildman–Crippen MR) is 79.0 cm³/mol. The first-order valence-electron chi connectivity index (χ1n) is 7.14. The molecule has 21 heavy (non-hydrogen) atoms. The zero-order valence-corrected chi connectivity index (χ0v) is 11.8. The van der Waals surface area contributed by atoms with Crippen molar-refractivity contribution in [3.05, 3.63) is 31.0 Å². The molecule has 0 radical (unpaired) electrons. The summed E-state index contributed by atoms with van der Waals surface area (Å²) in [5.74, 6) is 0.508. The van der Waals surface area contributed by atoms with E-state index >= 15 is 0 Å². The minimum Gasteiger partial charge on any atom is -0.370 e. The Morgan fingerprint density at radius 1 is 1.29 bits per heavy atom. The van der Waals surface area contributed by atoms with Gasteiger partial charge in [-0.3, -0.25) is 9.48 Å². The van der Waals surface area contributed by atoms with E-state index in [0.29, 0.717) is 18.8 Å². The first kappa shape index (κ1) is 13.5. The number of hydrogen-bond donors (Lipinski definition) is 1. The number of anilines is 2. The highest BCUT2D eigenvalue weighted by Gasteiger charge is 2.12. The van der Waals surface area contributed by atoms with Crippen LogP contribution < -0.4 is 10.2 Å². The van der Waals surface area contributed by atoms with Crippen molar-refractivity contribution in [1.82, 2.24) is 19.7 Å². The van der Waals surface area contributed by atoms with Crippen molar-refractivity contribution in [2.45, 2.75) is 25.8 Å². The minimum absolute atomic E-state index is 0.0769. The lowest BCUT2D eigenvalue weighted by atomic mass is 10.3. The van der Waals surface area contributed by atoms with E-state index in [1.165, 1.54) is 19.2 Å². The summed E-state index contributed by atoms with van der Waals surface area (Å²) in [4.78, 5) is 22.3. The Morgan fingerprint density at radius 3 is 2.81 bits per heavy atom. The van der Waals surface area contributed by atoms with Crippen molar-refractivity contribution in [2.75, 3.05) is 23.3 Å². The van der Waals surface area contributed by atoms with Crippen molar-refractivity contribution >= 4 is 17.4 Å². The van der Waals surface area contributed by atoms with Crippen LogP contribution in [0.3, 0.4) is 0 Å². The molecule has 1 saturated heterocycles. The van der Waals surface area contributed by atoms with Crippen LogP contribution in [0.25, 0.3) is 0 Å². The van der Waals surface area contributed by atoms with Crippen molar-refractivity contribution < 1.29 is 4.79 Å². The van der Waals surface area contributed by atoms with Crippen LogP contribution in [0.15, 0.2) is 31.0 Å². The van der Waals surface area contributed by atoms with E-state index in [-0.39, 0.29) is 5.91 Å². The maximum atomic E-state index is 11.8. The fraction of sp³-hybridized carbons (Fsp3) is 0.429. The lowest BCUT2D eigenvalue weighted by Gasteiger charge is -2.17. The summed E-state index contributed by atoms with van der Waals surface area (Å²) in [6, 6.07) is 3.85. The Morgan fingerprint density at radius 2 is 2.14 bits per heavy atom. The normalized spacial score (nSPS) is 14.4. The Bertz CT molecular complexity index is 574. The molecule has 0 unspecified atom stereocenters. The topological polar surface area (TPSA) is 75.9 Å². The van der Waals surface area contributed by atoms with Gasteiger partial charge < -0.3 is 10.2 Å². The number of carbonyl (C=O) groups excluding carboxylic acids is 1. The summed E-state index contributed by atoms with van der Waals surface area (Å²) in [5, 5.41) is 6.75.